The zero-order valence-corrected chi connectivity index (χ0v) is 14.2. The molecule has 4 aromatic rings. The molecule has 2 aromatic heterocycles. The second kappa shape index (κ2) is 6.83. The fraction of sp³-hybridized carbons (Fsp3) is 0.0500. The summed E-state index contributed by atoms with van der Waals surface area (Å²) in [4.78, 5) is 21.0. The largest absolute Gasteiger partial charge is 0.348 e. The van der Waals surface area contributed by atoms with Crippen LogP contribution in [0.25, 0.3) is 22.2 Å². The summed E-state index contributed by atoms with van der Waals surface area (Å²) >= 11 is 1.67. The van der Waals surface area contributed by atoms with Crippen LogP contribution in [0.15, 0.2) is 71.7 Å². The second-order valence-electron chi connectivity index (χ2n) is 5.61. The van der Waals surface area contributed by atoms with E-state index in [4.69, 9.17) is 0 Å². The van der Waals surface area contributed by atoms with Gasteiger partial charge in [0.25, 0.3) is 5.91 Å². The van der Waals surface area contributed by atoms with Crippen LogP contribution < -0.4 is 5.32 Å². The number of nitrogens with one attached hydrogen (secondary N) is 1. The van der Waals surface area contributed by atoms with E-state index < -0.39 is 0 Å². The summed E-state index contributed by atoms with van der Waals surface area (Å²) in [7, 11) is 0. The molecule has 5 heteroatoms. The molecule has 0 aliphatic heterocycles. The van der Waals surface area contributed by atoms with E-state index in [9.17, 15) is 4.79 Å². The zero-order chi connectivity index (χ0) is 17.1. The molecule has 122 valence electrons. The van der Waals surface area contributed by atoms with Gasteiger partial charge in [-0.3, -0.25) is 14.8 Å². The van der Waals surface area contributed by atoms with Crippen LogP contribution in [0.3, 0.4) is 0 Å². The fourth-order valence-electron chi connectivity index (χ4n) is 2.76. The fourth-order valence-corrected chi connectivity index (χ4v) is 3.41. The van der Waals surface area contributed by atoms with Crippen LogP contribution in [-0.4, -0.2) is 15.9 Å². The van der Waals surface area contributed by atoms with Gasteiger partial charge in [-0.25, -0.2) is 0 Å². The Morgan fingerprint density at radius 1 is 1.00 bits per heavy atom. The highest BCUT2D eigenvalue weighted by molar-refractivity contribution is 7.08. The third-order valence-corrected chi connectivity index (χ3v) is 4.70. The van der Waals surface area contributed by atoms with Crippen molar-refractivity contribution in [2.24, 2.45) is 0 Å². The summed E-state index contributed by atoms with van der Waals surface area (Å²) in [5.74, 6) is -0.118. The van der Waals surface area contributed by atoms with Crippen molar-refractivity contribution < 1.29 is 4.79 Å². The van der Waals surface area contributed by atoms with Crippen molar-refractivity contribution in [1.82, 2.24) is 15.3 Å². The number of rotatable bonds is 4. The van der Waals surface area contributed by atoms with Crippen molar-refractivity contribution in [2.45, 2.75) is 6.54 Å². The number of fused-ring (bicyclic) bond motifs is 1. The number of carbonyl (C=O) groups is 1. The Kier molecular flexibility index (Phi) is 4.23. The lowest BCUT2D eigenvalue weighted by molar-refractivity contribution is 0.0951. The van der Waals surface area contributed by atoms with Gasteiger partial charge in [0, 0.05) is 24.5 Å². The number of hydrogen-bond donors (Lipinski definition) is 1. The number of carbonyl (C=O) groups excluding carboxylic acids is 1. The van der Waals surface area contributed by atoms with Crippen LogP contribution in [0.2, 0.25) is 0 Å². The van der Waals surface area contributed by atoms with Crippen molar-refractivity contribution in [1.29, 1.82) is 0 Å². The van der Waals surface area contributed by atoms with Crippen LogP contribution >= 0.6 is 11.3 Å². The molecule has 0 aliphatic rings. The molecule has 4 nitrogen and oxygen atoms in total. The van der Waals surface area contributed by atoms with Crippen LogP contribution in [0.4, 0.5) is 0 Å². The van der Waals surface area contributed by atoms with Gasteiger partial charge < -0.3 is 5.32 Å². The number of thiophene rings is 1. The van der Waals surface area contributed by atoms with Crippen molar-refractivity contribution >= 4 is 28.3 Å². The average Bonchev–Trinajstić information content (AvgIpc) is 3.20. The maximum absolute atomic E-state index is 12.5. The zero-order valence-electron chi connectivity index (χ0n) is 13.3. The Labute approximate surface area is 149 Å². The monoisotopic (exact) mass is 345 g/mol. The molecule has 1 N–H and O–H groups in total. The Balaban J connectivity index is 1.54. The summed E-state index contributed by atoms with van der Waals surface area (Å²) in [6, 6.07) is 15.6. The lowest BCUT2D eigenvalue weighted by Crippen LogP contribution is -2.23. The average molecular weight is 345 g/mol. The first kappa shape index (κ1) is 15.5. The van der Waals surface area contributed by atoms with Gasteiger partial charge in [0.15, 0.2) is 0 Å². The third-order valence-electron chi connectivity index (χ3n) is 4.02. The number of nitrogens with zero attached hydrogens (tertiary/aromatic N) is 2. The maximum atomic E-state index is 12.5. The smallest absolute Gasteiger partial charge is 0.251 e. The van der Waals surface area contributed by atoms with Gasteiger partial charge in [-0.2, -0.15) is 11.3 Å². The van der Waals surface area contributed by atoms with Gasteiger partial charge >= 0.3 is 0 Å². The molecule has 0 bridgehead atoms. The first-order chi connectivity index (χ1) is 12.3. The first-order valence-corrected chi connectivity index (χ1v) is 8.85. The molecule has 0 atom stereocenters. The second-order valence-corrected chi connectivity index (χ2v) is 6.39. The highest BCUT2D eigenvalue weighted by atomic mass is 32.1. The number of hydrogen-bond acceptors (Lipinski definition) is 4. The Morgan fingerprint density at radius 3 is 2.68 bits per heavy atom. The van der Waals surface area contributed by atoms with Crippen molar-refractivity contribution in [3.05, 3.63) is 82.8 Å². The van der Waals surface area contributed by atoms with Crippen LogP contribution in [0.1, 0.15) is 15.9 Å². The molecule has 1 amide bonds. The van der Waals surface area contributed by atoms with Gasteiger partial charge in [-0.1, -0.05) is 24.3 Å². The highest BCUT2D eigenvalue weighted by Gasteiger charge is 2.09. The molecule has 2 aromatic carbocycles. The summed E-state index contributed by atoms with van der Waals surface area (Å²) in [6.07, 6.45) is 3.27. The van der Waals surface area contributed by atoms with E-state index in [0.717, 1.165) is 16.6 Å². The van der Waals surface area contributed by atoms with Crippen molar-refractivity contribution in [3.8, 4) is 11.1 Å². The lowest BCUT2D eigenvalue weighted by atomic mass is 10.0. The number of amides is 1. The summed E-state index contributed by atoms with van der Waals surface area (Å²) in [6.45, 7) is 0.476. The quantitative estimate of drug-likeness (QED) is 0.600. The predicted molar refractivity (Wildman–Crippen MR) is 100 cm³/mol. The summed E-state index contributed by atoms with van der Waals surface area (Å²) in [5.41, 5.74) is 5.50. The third kappa shape index (κ3) is 3.27. The van der Waals surface area contributed by atoms with Crippen LogP contribution in [-0.2, 0) is 6.54 Å². The molecular weight excluding hydrogens is 330 g/mol. The van der Waals surface area contributed by atoms with Gasteiger partial charge in [-0.05, 0) is 51.7 Å². The summed E-state index contributed by atoms with van der Waals surface area (Å²) in [5, 5.41) is 7.17. The Morgan fingerprint density at radius 2 is 1.84 bits per heavy atom. The minimum absolute atomic E-state index is 0.118. The number of benzene rings is 2. The molecular formula is C20H15N3OS. The van der Waals surface area contributed by atoms with Crippen LogP contribution in [0, 0.1) is 0 Å². The normalized spacial score (nSPS) is 10.7. The molecule has 2 heterocycles. The van der Waals surface area contributed by atoms with E-state index in [2.05, 4.69) is 38.2 Å². The maximum Gasteiger partial charge on any atom is 0.251 e. The molecule has 0 radical (unpaired) electrons. The highest BCUT2D eigenvalue weighted by Crippen LogP contribution is 2.25. The Bertz CT molecular complexity index is 1030. The predicted octanol–water partition coefficient (Wildman–Crippen LogP) is 4.29. The minimum atomic E-state index is -0.118. The molecule has 0 spiro atoms. The Hall–Kier alpha value is -3.05. The van der Waals surface area contributed by atoms with Crippen molar-refractivity contribution in [3.63, 3.8) is 0 Å². The molecule has 4 rings (SSSR count). The van der Waals surface area contributed by atoms with E-state index in [1.165, 1.54) is 5.56 Å². The van der Waals surface area contributed by atoms with E-state index in [-0.39, 0.29) is 5.91 Å². The van der Waals surface area contributed by atoms with Gasteiger partial charge in [0.1, 0.15) is 0 Å². The number of aromatic nitrogens is 2. The van der Waals surface area contributed by atoms with Crippen molar-refractivity contribution in [2.75, 3.05) is 0 Å². The van der Waals surface area contributed by atoms with E-state index in [0.29, 0.717) is 17.6 Å². The molecule has 0 unspecified atom stereocenters. The lowest BCUT2D eigenvalue weighted by Gasteiger charge is -2.10. The molecule has 0 fully saturated rings. The van der Waals surface area contributed by atoms with Crippen LogP contribution in [0.5, 0.6) is 0 Å². The van der Waals surface area contributed by atoms with E-state index >= 15 is 0 Å². The first-order valence-electron chi connectivity index (χ1n) is 7.91. The minimum Gasteiger partial charge on any atom is -0.348 e. The SMILES string of the molecule is O=C(NCc1ccccc1-c1ccsc1)c1ccc2nccnc2c1. The summed E-state index contributed by atoms with van der Waals surface area (Å²) < 4.78 is 0. The van der Waals surface area contributed by atoms with Gasteiger partial charge in [0.05, 0.1) is 11.0 Å². The molecule has 25 heavy (non-hydrogen) atoms. The topological polar surface area (TPSA) is 54.9 Å². The van der Waals surface area contributed by atoms with E-state index in [1.807, 2.05) is 24.3 Å². The molecule has 0 saturated carbocycles. The standard InChI is InChI=1S/C20H15N3OS/c24-20(14-5-6-18-19(11-14)22-9-8-21-18)23-12-15-3-1-2-4-17(15)16-7-10-25-13-16/h1-11,13H,12H2,(H,23,24). The molecule has 0 aliphatic carbocycles. The molecule has 0 saturated heterocycles. The van der Waals surface area contributed by atoms with Gasteiger partial charge in [-0.15, -0.1) is 0 Å². The van der Waals surface area contributed by atoms with E-state index in [1.54, 1.807) is 35.9 Å². The van der Waals surface area contributed by atoms with Gasteiger partial charge in [0.2, 0.25) is 0 Å².